The topological polar surface area (TPSA) is 69.1 Å². The van der Waals surface area contributed by atoms with Crippen molar-refractivity contribution in [2.75, 3.05) is 33.4 Å². The second kappa shape index (κ2) is 9.56. The zero-order valence-corrected chi connectivity index (χ0v) is 17.2. The van der Waals surface area contributed by atoms with Gasteiger partial charge >= 0.3 is 0 Å². The molecule has 7 heteroatoms. The van der Waals surface area contributed by atoms with E-state index in [1.165, 1.54) is 7.11 Å². The number of phenols is 1. The van der Waals surface area contributed by atoms with Gasteiger partial charge in [-0.3, -0.25) is 14.8 Å². The lowest BCUT2D eigenvalue weighted by molar-refractivity contribution is 0.0491. The molecule has 0 amide bonds. The third-order valence-corrected chi connectivity index (χ3v) is 5.46. The molecule has 1 aromatic carbocycles. The maximum atomic E-state index is 9.92. The Labute approximate surface area is 171 Å². The molecular weight excluding hydrogens is 378 g/mol. The minimum Gasteiger partial charge on any atom is -0.503 e. The van der Waals surface area contributed by atoms with Crippen LogP contribution in [-0.2, 0) is 13.1 Å². The number of nitrogens with zero attached hydrogens (tertiary/aromatic N) is 3. The quantitative estimate of drug-likeness (QED) is 0.738. The van der Waals surface area contributed by atoms with Gasteiger partial charge < -0.3 is 14.9 Å². The van der Waals surface area contributed by atoms with E-state index in [2.05, 4.69) is 20.9 Å². The lowest BCUT2D eigenvalue weighted by atomic mass is 10.1. The van der Waals surface area contributed by atoms with Crippen LogP contribution in [0.5, 0.6) is 11.5 Å². The van der Waals surface area contributed by atoms with E-state index < -0.39 is 0 Å². The fourth-order valence-electron chi connectivity index (χ4n) is 3.76. The minimum atomic E-state index is -0.0263. The van der Waals surface area contributed by atoms with Crippen LogP contribution >= 0.6 is 11.6 Å². The number of ether oxygens (including phenoxy) is 1. The molecule has 1 aliphatic rings. The van der Waals surface area contributed by atoms with E-state index in [-0.39, 0.29) is 18.4 Å². The lowest BCUT2D eigenvalue weighted by Crippen LogP contribution is -2.52. The molecular formula is C21H28ClN3O3. The van der Waals surface area contributed by atoms with Crippen LogP contribution in [0.3, 0.4) is 0 Å². The monoisotopic (exact) mass is 405 g/mol. The summed E-state index contributed by atoms with van der Waals surface area (Å²) in [5.41, 5.74) is 3.08. The van der Waals surface area contributed by atoms with Crippen LogP contribution in [0.1, 0.15) is 23.4 Å². The van der Waals surface area contributed by atoms with Gasteiger partial charge in [0.2, 0.25) is 0 Å². The van der Waals surface area contributed by atoms with Gasteiger partial charge in [0.25, 0.3) is 0 Å². The van der Waals surface area contributed by atoms with Gasteiger partial charge in [0, 0.05) is 51.1 Å². The third kappa shape index (κ3) is 5.14. The van der Waals surface area contributed by atoms with Gasteiger partial charge in [0.1, 0.15) is 0 Å². The number of aromatic hydroxyl groups is 1. The standard InChI is InChI=1S/C21H28ClN3O3/c1-15-4-3-5-17(23-15)13-25-8-7-24(14-18(25)6-9-26)12-16-10-19(22)21(27)20(11-16)28-2/h3-5,10-11,18,26-27H,6-9,12-14H2,1-2H3. The third-order valence-electron chi connectivity index (χ3n) is 5.18. The zero-order chi connectivity index (χ0) is 20.1. The average molecular weight is 406 g/mol. The molecule has 1 saturated heterocycles. The largest absolute Gasteiger partial charge is 0.503 e. The molecule has 2 heterocycles. The van der Waals surface area contributed by atoms with Crippen molar-refractivity contribution < 1.29 is 14.9 Å². The number of aryl methyl sites for hydroxylation is 1. The van der Waals surface area contributed by atoms with E-state index in [1.807, 2.05) is 25.1 Å². The summed E-state index contributed by atoms with van der Waals surface area (Å²) in [5, 5.41) is 19.8. The summed E-state index contributed by atoms with van der Waals surface area (Å²) in [5.74, 6) is 0.361. The van der Waals surface area contributed by atoms with Crippen molar-refractivity contribution in [2.45, 2.75) is 32.5 Å². The Morgan fingerprint density at radius 1 is 1.25 bits per heavy atom. The molecule has 152 valence electrons. The van der Waals surface area contributed by atoms with Gasteiger partial charge in [-0.25, -0.2) is 0 Å². The highest BCUT2D eigenvalue weighted by Gasteiger charge is 2.27. The molecule has 3 rings (SSSR count). The highest BCUT2D eigenvalue weighted by molar-refractivity contribution is 6.32. The highest BCUT2D eigenvalue weighted by atomic mass is 35.5. The van der Waals surface area contributed by atoms with E-state index in [0.29, 0.717) is 10.8 Å². The minimum absolute atomic E-state index is 0.0263. The van der Waals surface area contributed by atoms with E-state index in [1.54, 1.807) is 6.07 Å². The number of pyridine rings is 1. The summed E-state index contributed by atoms with van der Waals surface area (Å²) in [4.78, 5) is 9.37. The number of aliphatic hydroxyl groups excluding tert-OH is 1. The number of aliphatic hydroxyl groups is 1. The van der Waals surface area contributed by atoms with Crippen molar-refractivity contribution in [3.05, 3.63) is 52.3 Å². The van der Waals surface area contributed by atoms with Crippen molar-refractivity contribution in [2.24, 2.45) is 0 Å². The number of hydrogen-bond donors (Lipinski definition) is 2. The first-order valence-corrected chi connectivity index (χ1v) is 9.93. The fraction of sp³-hybridized carbons (Fsp3) is 0.476. The van der Waals surface area contributed by atoms with Gasteiger partial charge in [0.15, 0.2) is 11.5 Å². The van der Waals surface area contributed by atoms with Gasteiger partial charge in [0.05, 0.1) is 17.8 Å². The Morgan fingerprint density at radius 2 is 2.07 bits per heavy atom. The first-order chi connectivity index (χ1) is 13.5. The molecule has 0 bridgehead atoms. The van der Waals surface area contributed by atoms with Crippen molar-refractivity contribution in [3.8, 4) is 11.5 Å². The summed E-state index contributed by atoms with van der Waals surface area (Å²) < 4.78 is 5.21. The summed E-state index contributed by atoms with van der Waals surface area (Å²) >= 11 is 6.12. The molecule has 0 radical (unpaired) electrons. The molecule has 6 nitrogen and oxygen atoms in total. The number of benzene rings is 1. The van der Waals surface area contributed by atoms with E-state index in [0.717, 1.165) is 56.1 Å². The van der Waals surface area contributed by atoms with Crippen molar-refractivity contribution >= 4 is 11.6 Å². The summed E-state index contributed by atoms with van der Waals surface area (Å²) in [6.07, 6.45) is 0.724. The molecule has 1 fully saturated rings. The molecule has 2 N–H and O–H groups in total. The molecule has 0 saturated carbocycles. The molecule has 28 heavy (non-hydrogen) atoms. The predicted molar refractivity (Wildman–Crippen MR) is 110 cm³/mol. The number of halogens is 1. The molecule has 1 aliphatic heterocycles. The van der Waals surface area contributed by atoms with Crippen LogP contribution < -0.4 is 4.74 Å². The first kappa shape index (κ1) is 20.9. The van der Waals surface area contributed by atoms with Crippen LogP contribution in [-0.4, -0.2) is 64.4 Å². The van der Waals surface area contributed by atoms with Crippen LogP contribution in [0, 0.1) is 6.92 Å². The zero-order valence-electron chi connectivity index (χ0n) is 16.4. The van der Waals surface area contributed by atoms with Crippen LogP contribution in [0.15, 0.2) is 30.3 Å². The van der Waals surface area contributed by atoms with E-state index in [4.69, 9.17) is 16.3 Å². The number of aromatic nitrogens is 1. The van der Waals surface area contributed by atoms with Crippen molar-refractivity contribution in [3.63, 3.8) is 0 Å². The Kier molecular flexibility index (Phi) is 7.13. The molecule has 0 aliphatic carbocycles. The molecule has 1 atom stereocenters. The molecule has 2 aromatic rings. The molecule has 1 aromatic heterocycles. The van der Waals surface area contributed by atoms with Crippen molar-refractivity contribution in [1.29, 1.82) is 0 Å². The first-order valence-electron chi connectivity index (χ1n) is 9.55. The Hall–Kier alpha value is -1.86. The van der Waals surface area contributed by atoms with E-state index >= 15 is 0 Å². The smallest absolute Gasteiger partial charge is 0.176 e. The SMILES string of the molecule is COc1cc(CN2CCN(Cc3cccc(C)n3)C(CCO)C2)cc(Cl)c1O. The lowest BCUT2D eigenvalue weighted by Gasteiger charge is -2.41. The van der Waals surface area contributed by atoms with E-state index in [9.17, 15) is 10.2 Å². The van der Waals surface area contributed by atoms with Crippen molar-refractivity contribution in [1.82, 2.24) is 14.8 Å². The fourth-order valence-corrected chi connectivity index (χ4v) is 3.99. The predicted octanol–water partition coefficient (Wildman–Crippen LogP) is 2.83. The van der Waals surface area contributed by atoms with Crippen LogP contribution in [0.4, 0.5) is 0 Å². The van der Waals surface area contributed by atoms with Gasteiger partial charge in [-0.2, -0.15) is 0 Å². The van der Waals surface area contributed by atoms with Crippen LogP contribution in [0.25, 0.3) is 0 Å². The van der Waals surface area contributed by atoms with Gasteiger partial charge in [-0.1, -0.05) is 17.7 Å². The maximum Gasteiger partial charge on any atom is 0.176 e. The summed E-state index contributed by atoms with van der Waals surface area (Å²) in [6.45, 7) is 6.34. The summed E-state index contributed by atoms with van der Waals surface area (Å²) in [6, 6.07) is 9.96. The number of phenolic OH excluding ortho intramolecular Hbond substituents is 1. The molecule has 0 spiro atoms. The van der Waals surface area contributed by atoms with Gasteiger partial charge in [-0.05, 0) is 43.2 Å². The normalized spacial score (nSPS) is 18.4. The Balaban J connectivity index is 1.67. The Bertz CT molecular complexity index is 802. The molecule has 1 unspecified atom stereocenters. The second-order valence-electron chi connectivity index (χ2n) is 7.27. The highest BCUT2D eigenvalue weighted by Crippen LogP contribution is 2.35. The number of hydrogen-bond acceptors (Lipinski definition) is 6. The van der Waals surface area contributed by atoms with Crippen LogP contribution in [0.2, 0.25) is 5.02 Å². The Morgan fingerprint density at radius 3 is 2.79 bits per heavy atom. The second-order valence-corrected chi connectivity index (χ2v) is 7.68. The maximum absolute atomic E-state index is 9.92. The number of methoxy groups -OCH3 is 1. The number of rotatable bonds is 7. The van der Waals surface area contributed by atoms with Gasteiger partial charge in [-0.15, -0.1) is 0 Å². The average Bonchev–Trinajstić information content (AvgIpc) is 2.67. The summed E-state index contributed by atoms with van der Waals surface area (Å²) in [7, 11) is 1.52. The number of piperazine rings is 1.